The van der Waals surface area contributed by atoms with Gasteiger partial charge in [-0.1, -0.05) is 13.8 Å². The Labute approximate surface area is 99.8 Å². The Hall–Kier alpha value is -1.68. The molecule has 0 saturated carbocycles. The Morgan fingerprint density at radius 3 is 2.59 bits per heavy atom. The lowest BCUT2D eigenvalue weighted by Gasteiger charge is -2.13. The number of halogens is 1. The quantitative estimate of drug-likeness (QED) is 0.619. The number of nitrogens with zero attached hydrogens (tertiary/aromatic N) is 1. The van der Waals surface area contributed by atoms with Crippen LogP contribution >= 0.6 is 0 Å². The lowest BCUT2D eigenvalue weighted by molar-refractivity contribution is 0.635. The normalized spacial score (nSPS) is 11.2. The van der Waals surface area contributed by atoms with Crippen LogP contribution in [-0.4, -0.2) is 4.98 Å². The summed E-state index contributed by atoms with van der Waals surface area (Å²) in [5.74, 6) is 5.93. The summed E-state index contributed by atoms with van der Waals surface area (Å²) in [6.07, 6.45) is 0. The van der Waals surface area contributed by atoms with Crippen LogP contribution in [0.15, 0.2) is 18.2 Å². The first-order valence-electron chi connectivity index (χ1n) is 5.60. The number of hydrogen-bond acceptors (Lipinski definition) is 3. The molecule has 17 heavy (non-hydrogen) atoms. The lowest BCUT2D eigenvalue weighted by atomic mass is 10.0. The highest BCUT2D eigenvalue weighted by Crippen LogP contribution is 2.28. The van der Waals surface area contributed by atoms with Crippen molar-refractivity contribution in [3.63, 3.8) is 0 Å². The van der Waals surface area contributed by atoms with E-state index in [0.717, 1.165) is 16.5 Å². The minimum Gasteiger partial charge on any atom is -0.308 e. The summed E-state index contributed by atoms with van der Waals surface area (Å²) in [7, 11) is 0. The molecule has 2 aromatic rings. The van der Waals surface area contributed by atoms with E-state index in [0.29, 0.717) is 11.3 Å². The molecule has 0 amide bonds. The van der Waals surface area contributed by atoms with E-state index < -0.39 is 0 Å². The third-order valence-electron chi connectivity index (χ3n) is 2.80. The molecule has 0 spiro atoms. The van der Waals surface area contributed by atoms with Crippen molar-refractivity contribution >= 4 is 16.7 Å². The molecule has 90 valence electrons. The number of benzene rings is 1. The number of hydrazine groups is 1. The minimum atomic E-state index is -0.313. The van der Waals surface area contributed by atoms with Gasteiger partial charge in [0.2, 0.25) is 0 Å². The largest absolute Gasteiger partial charge is 0.308 e. The zero-order valence-electron chi connectivity index (χ0n) is 10.2. The van der Waals surface area contributed by atoms with Crippen LogP contribution in [0.25, 0.3) is 10.9 Å². The third kappa shape index (κ3) is 2.08. The van der Waals surface area contributed by atoms with Gasteiger partial charge in [0.15, 0.2) is 0 Å². The Bertz CT molecular complexity index is 564. The molecule has 0 aliphatic heterocycles. The first-order valence-corrected chi connectivity index (χ1v) is 5.60. The monoisotopic (exact) mass is 233 g/mol. The molecule has 0 saturated heterocycles. The van der Waals surface area contributed by atoms with E-state index >= 15 is 0 Å². The maximum atomic E-state index is 13.8. The van der Waals surface area contributed by atoms with Crippen LogP contribution in [0.2, 0.25) is 0 Å². The predicted molar refractivity (Wildman–Crippen MR) is 68.3 cm³/mol. The first-order chi connectivity index (χ1) is 8.02. The molecule has 3 nitrogen and oxygen atoms in total. The predicted octanol–water partition coefficient (Wildman–Crippen LogP) is 3.09. The molecule has 0 fully saturated rings. The zero-order valence-corrected chi connectivity index (χ0v) is 10.2. The number of nitrogens with one attached hydrogen (secondary N) is 1. The molecule has 4 heteroatoms. The molecule has 0 atom stereocenters. The van der Waals surface area contributed by atoms with Gasteiger partial charge in [0.25, 0.3) is 0 Å². The van der Waals surface area contributed by atoms with Gasteiger partial charge < -0.3 is 5.43 Å². The number of fused-ring (bicyclic) bond motifs is 1. The standard InChI is InChI=1S/C13H16FN3/c1-7(2)10-6-9-4-8(3)5-11(14)12(9)16-13(10)17-15/h4-7H,15H2,1-3H3,(H,16,17). The van der Waals surface area contributed by atoms with Crippen molar-refractivity contribution in [1.82, 2.24) is 4.98 Å². The van der Waals surface area contributed by atoms with Crippen molar-refractivity contribution in [2.75, 3.05) is 5.43 Å². The summed E-state index contributed by atoms with van der Waals surface area (Å²) >= 11 is 0. The summed E-state index contributed by atoms with van der Waals surface area (Å²) < 4.78 is 13.8. The molecule has 2 rings (SSSR count). The van der Waals surface area contributed by atoms with Crippen LogP contribution in [0.1, 0.15) is 30.9 Å². The van der Waals surface area contributed by atoms with E-state index in [-0.39, 0.29) is 11.7 Å². The summed E-state index contributed by atoms with van der Waals surface area (Å²) in [6.45, 7) is 5.97. The van der Waals surface area contributed by atoms with Gasteiger partial charge >= 0.3 is 0 Å². The molecule has 0 unspecified atom stereocenters. The summed E-state index contributed by atoms with van der Waals surface area (Å²) in [4.78, 5) is 4.24. The fraction of sp³-hybridized carbons (Fsp3) is 0.308. The second kappa shape index (κ2) is 4.30. The number of hydrogen-bond donors (Lipinski definition) is 2. The van der Waals surface area contributed by atoms with Crippen LogP contribution in [0.5, 0.6) is 0 Å². The minimum absolute atomic E-state index is 0.279. The molecule has 0 bridgehead atoms. The summed E-state index contributed by atoms with van der Waals surface area (Å²) in [5, 5.41) is 0.810. The second-order valence-corrected chi connectivity index (χ2v) is 4.54. The number of nitrogens with two attached hydrogens (primary N) is 1. The van der Waals surface area contributed by atoms with Crippen molar-refractivity contribution in [2.24, 2.45) is 5.84 Å². The number of aryl methyl sites for hydroxylation is 1. The summed E-state index contributed by atoms with van der Waals surface area (Å²) in [5.41, 5.74) is 4.77. The van der Waals surface area contributed by atoms with Gasteiger partial charge in [-0.05, 0) is 42.2 Å². The molecular weight excluding hydrogens is 217 g/mol. The highest BCUT2D eigenvalue weighted by molar-refractivity contribution is 5.83. The van der Waals surface area contributed by atoms with Crippen LogP contribution in [0.4, 0.5) is 10.2 Å². The summed E-state index contributed by atoms with van der Waals surface area (Å²) in [6, 6.07) is 5.35. The molecule has 0 aliphatic rings. The van der Waals surface area contributed by atoms with E-state index in [1.54, 1.807) is 0 Å². The molecule has 0 radical (unpaired) electrons. The average Bonchev–Trinajstić information content (AvgIpc) is 2.27. The zero-order chi connectivity index (χ0) is 12.6. The molecule has 0 aliphatic carbocycles. The number of nitrogen functional groups attached to an aromatic ring is 1. The van der Waals surface area contributed by atoms with Crippen LogP contribution in [0, 0.1) is 12.7 Å². The van der Waals surface area contributed by atoms with Crippen molar-refractivity contribution in [1.29, 1.82) is 0 Å². The fourth-order valence-corrected chi connectivity index (χ4v) is 1.96. The van der Waals surface area contributed by atoms with Gasteiger partial charge in [0.1, 0.15) is 17.2 Å². The molecular formula is C13H16FN3. The molecule has 1 aromatic carbocycles. The maximum Gasteiger partial charge on any atom is 0.149 e. The Kier molecular flexibility index (Phi) is 2.98. The van der Waals surface area contributed by atoms with Gasteiger partial charge in [-0.25, -0.2) is 15.2 Å². The van der Waals surface area contributed by atoms with E-state index in [9.17, 15) is 4.39 Å². The Balaban J connectivity index is 2.78. The van der Waals surface area contributed by atoms with Crippen molar-refractivity contribution in [3.05, 3.63) is 35.1 Å². The Morgan fingerprint density at radius 1 is 1.29 bits per heavy atom. The van der Waals surface area contributed by atoms with Gasteiger partial charge in [-0.2, -0.15) is 0 Å². The van der Waals surface area contributed by atoms with Gasteiger partial charge in [0.05, 0.1) is 0 Å². The van der Waals surface area contributed by atoms with Crippen LogP contribution < -0.4 is 11.3 Å². The van der Waals surface area contributed by atoms with Crippen LogP contribution in [-0.2, 0) is 0 Å². The Morgan fingerprint density at radius 2 is 2.00 bits per heavy atom. The van der Waals surface area contributed by atoms with Gasteiger partial charge in [-0.3, -0.25) is 0 Å². The highest BCUT2D eigenvalue weighted by atomic mass is 19.1. The average molecular weight is 233 g/mol. The van der Waals surface area contributed by atoms with E-state index in [2.05, 4.69) is 24.3 Å². The smallest absolute Gasteiger partial charge is 0.149 e. The van der Waals surface area contributed by atoms with Gasteiger partial charge in [0, 0.05) is 5.39 Å². The molecule has 1 aromatic heterocycles. The number of pyridine rings is 1. The molecule has 1 heterocycles. The lowest BCUT2D eigenvalue weighted by Crippen LogP contribution is -2.12. The third-order valence-corrected chi connectivity index (χ3v) is 2.80. The van der Waals surface area contributed by atoms with E-state index in [1.165, 1.54) is 6.07 Å². The van der Waals surface area contributed by atoms with Crippen molar-refractivity contribution < 1.29 is 4.39 Å². The second-order valence-electron chi connectivity index (χ2n) is 4.54. The van der Waals surface area contributed by atoms with Gasteiger partial charge in [-0.15, -0.1) is 0 Å². The van der Waals surface area contributed by atoms with Crippen molar-refractivity contribution in [3.8, 4) is 0 Å². The first kappa shape index (κ1) is 11.8. The maximum absolute atomic E-state index is 13.8. The number of rotatable bonds is 2. The topological polar surface area (TPSA) is 50.9 Å². The fourth-order valence-electron chi connectivity index (χ4n) is 1.96. The highest BCUT2D eigenvalue weighted by Gasteiger charge is 2.12. The van der Waals surface area contributed by atoms with E-state index in [1.807, 2.05) is 19.1 Å². The number of aromatic nitrogens is 1. The molecule has 3 N–H and O–H groups in total. The van der Waals surface area contributed by atoms with Crippen LogP contribution in [0.3, 0.4) is 0 Å². The van der Waals surface area contributed by atoms with E-state index in [4.69, 9.17) is 5.84 Å². The van der Waals surface area contributed by atoms with Crippen molar-refractivity contribution in [2.45, 2.75) is 26.7 Å². The number of anilines is 1. The SMILES string of the molecule is Cc1cc(F)c2nc(NN)c(C(C)C)cc2c1.